The maximum atomic E-state index is 14.1. The van der Waals surface area contributed by atoms with Crippen molar-refractivity contribution in [3.05, 3.63) is 21.9 Å². The number of nitrogens with zero attached hydrogens (tertiary/aromatic N) is 4. The molecule has 2 N–H and O–H groups in total. The fourth-order valence-corrected chi connectivity index (χ4v) is 4.03. The van der Waals surface area contributed by atoms with Gasteiger partial charge in [0.15, 0.2) is 6.17 Å². The molecule has 0 saturated carbocycles. The van der Waals surface area contributed by atoms with Gasteiger partial charge in [-0.05, 0) is 23.4 Å². The number of hydrogen-bond donors (Lipinski definition) is 2. The van der Waals surface area contributed by atoms with Crippen LogP contribution in [0.3, 0.4) is 0 Å². The summed E-state index contributed by atoms with van der Waals surface area (Å²) < 4.78 is 15.0. The SMILES string of the molecule is OC1=C(/C=N/NC2=NC(N3CCCCC3)C(F)C=N2)C=C(Br)CC1Cl. The number of aliphatic hydroxyl groups is 1. The smallest absolute Gasteiger partial charge is 0.240 e. The summed E-state index contributed by atoms with van der Waals surface area (Å²) in [5.74, 6) is 0.321. The highest BCUT2D eigenvalue weighted by Gasteiger charge is 2.30. The van der Waals surface area contributed by atoms with Gasteiger partial charge in [-0.25, -0.2) is 19.8 Å². The highest BCUT2D eigenvalue weighted by molar-refractivity contribution is 9.11. The van der Waals surface area contributed by atoms with Crippen molar-refractivity contribution in [1.82, 2.24) is 10.3 Å². The lowest BCUT2D eigenvalue weighted by Gasteiger charge is -2.33. The predicted molar refractivity (Wildman–Crippen MR) is 103 cm³/mol. The number of rotatable bonds is 3. The van der Waals surface area contributed by atoms with E-state index in [1.165, 1.54) is 18.9 Å². The fourth-order valence-electron chi connectivity index (χ4n) is 2.99. The Morgan fingerprint density at radius 3 is 2.92 bits per heavy atom. The average Bonchev–Trinajstić information content (AvgIpc) is 2.61. The summed E-state index contributed by atoms with van der Waals surface area (Å²) in [6.07, 6.45) is 6.51. The Kier molecular flexibility index (Phi) is 6.24. The molecule has 0 radical (unpaired) electrons. The molecule has 3 unspecified atom stereocenters. The van der Waals surface area contributed by atoms with Crippen LogP contribution in [0.5, 0.6) is 0 Å². The molecule has 25 heavy (non-hydrogen) atoms. The van der Waals surface area contributed by atoms with E-state index in [-0.39, 0.29) is 11.7 Å². The van der Waals surface area contributed by atoms with Gasteiger partial charge in [0.2, 0.25) is 5.96 Å². The Hall–Kier alpha value is -1.25. The zero-order valence-electron chi connectivity index (χ0n) is 13.6. The largest absolute Gasteiger partial charge is 0.510 e. The fraction of sp³-hybridized carbons (Fsp3) is 0.562. The van der Waals surface area contributed by atoms with Crippen LogP contribution in [0.15, 0.2) is 37.0 Å². The van der Waals surface area contributed by atoms with Gasteiger partial charge in [0, 0.05) is 31.3 Å². The van der Waals surface area contributed by atoms with Crippen molar-refractivity contribution in [3.8, 4) is 0 Å². The van der Waals surface area contributed by atoms with Gasteiger partial charge in [0.25, 0.3) is 0 Å². The van der Waals surface area contributed by atoms with E-state index in [2.05, 4.69) is 36.4 Å². The van der Waals surface area contributed by atoms with E-state index in [0.29, 0.717) is 12.0 Å². The average molecular weight is 433 g/mol. The highest BCUT2D eigenvalue weighted by Crippen LogP contribution is 2.29. The van der Waals surface area contributed by atoms with Crippen molar-refractivity contribution < 1.29 is 9.50 Å². The van der Waals surface area contributed by atoms with E-state index in [9.17, 15) is 9.50 Å². The second-order valence-corrected chi connectivity index (χ2v) is 7.70. The summed E-state index contributed by atoms with van der Waals surface area (Å²) in [5.41, 5.74) is 3.21. The van der Waals surface area contributed by atoms with Gasteiger partial charge >= 0.3 is 0 Å². The Morgan fingerprint density at radius 1 is 1.40 bits per heavy atom. The van der Waals surface area contributed by atoms with Crippen molar-refractivity contribution in [2.45, 2.75) is 43.4 Å². The first-order chi connectivity index (χ1) is 12.0. The van der Waals surface area contributed by atoms with Crippen molar-refractivity contribution >= 4 is 45.9 Å². The van der Waals surface area contributed by atoms with E-state index in [1.54, 1.807) is 6.08 Å². The van der Waals surface area contributed by atoms with E-state index < -0.39 is 17.7 Å². The van der Waals surface area contributed by atoms with E-state index in [4.69, 9.17) is 11.6 Å². The Balaban J connectivity index is 1.66. The van der Waals surface area contributed by atoms with Gasteiger partial charge in [0.05, 0.1) is 11.6 Å². The molecule has 0 spiro atoms. The number of halogens is 3. The third kappa shape index (κ3) is 4.68. The van der Waals surface area contributed by atoms with Crippen LogP contribution in [0.1, 0.15) is 25.7 Å². The number of aliphatic imine (C=N–C) groups is 2. The van der Waals surface area contributed by atoms with Gasteiger partial charge in [-0.15, -0.1) is 11.6 Å². The quantitative estimate of drug-likeness (QED) is 0.408. The minimum atomic E-state index is -1.21. The molecule has 1 fully saturated rings. The molecule has 0 aromatic heterocycles. The zero-order valence-corrected chi connectivity index (χ0v) is 15.9. The number of hydrogen-bond acceptors (Lipinski definition) is 6. The summed E-state index contributed by atoms with van der Waals surface area (Å²) >= 11 is 9.43. The number of hydrazone groups is 1. The van der Waals surface area contributed by atoms with Crippen molar-refractivity contribution in [2.75, 3.05) is 13.1 Å². The number of likely N-dealkylation sites (tertiary alicyclic amines) is 1. The van der Waals surface area contributed by atoms with Crippen LogP contribution in [0.25, 0.3) is 0 Å². The van der Waals surface area contributed by atoms with Crippen LogP contribution >= 0.6 is 27.5 Å². The molecule has 0 bridgehead atoms. The van der Waals surface area contributed by atoms with Gasteiger partial charge < -0.3 is 5.11 Å². The zero-order chi connectivity index (χ0) is 17.8. The Morgan fingerprint density at radius 2 is 2.16 bits per heavy atom. The molecular weight excluding hydrogens is 413 g/mol. The van der Waals surface area contributed by atoms with E-state index in [0.717, 1.165) is 30.4 Å². The maximum Gasteiger partial charge on any atom is 0.240 e. The van der Waals surface area contributed by atoms with E-state index >= 15 is 0 Å². The third-order valence-corrected chi connectivity index (χ3v) is 5.20. The Bertz CT molecular complexity index is 657. The summed E-state index contributed by atoms with van der Waals surface area (Å²) in [6, 6.07) is 0. The minimum Gasteiger partial charge on any atom is -0.510 e. The van der Waals surface area contributed by atoms with Crippen molar-refractivity contribution in [3.63, 3.8) is 0 Å². The molecule has 136 valence electrons. The molecule has 2 aliphatic heterocycles. The predicted octanol–water partition coefficient (Wildman–Crippen LogP) is 3.25. The summed E-state index contributed by atoms with van der Waals surface area (Å²) in [7, 11) is 0. The number of guanidine groups is 1. The highest BCUT2D eigenvalue weighted by atomic mass is 79.9. The molecule has 3 rings (SSSR count). The molecular formula is C16H20BrClFN5O. The maximum absolute atomic E-state index is 14.1. The number of aliphatic hydroxyl groups excluding tert-OH is 1. The topological polar surface area (TPSA) is 72.6 Å². The van der Waals surface area contributed by atoms with Crippen LogP contribution in [-0.4, -0.2) is 59.2 Å². The first-order valence-electron chi connectivity index (χ1n) is 8.27. The van der Waals surface area contributed by atoms with Gasteiger partial charge in [-0.2, -0.15) is 5.10 Å². The van der Waals surface area contributed by atoms with Crippen molar-refractivity contribution in [1.29, 1.82) is 0 Å². The number of alkyl halides is 2. The molecule has 0 aromatic carbocycles. The summed E-state index contributed by atoms with van der Waals surface area (Å²) in [5, 5.41) is 13.5. The van der Waals surface area contributed by atoms with Crippen LogP contribution in [-0.2, 0) is 0 Å². The third-order valence-electron chi connectivity index (χ3n) is 4.29. The number of piperidine rings is 1. The standard InChI is InChI=1S/C16H20BrClFN5O/c17-11-6-10(14(25)12(18)7-11)8-21-23-16-20-9-13(19)15(22-16)24-4-2-1-3-5-24/h6,8-9,12-13,15,25H,1-5,7H2,(H,22,23)/b21-8+. The second-order valence-electron chi connectivity index (χ2n) is 6.16. The van der Waals surface area contributed by atoms with Gasteiger partial charge in [0.1, 0.15) is 11.9 Å². The second kappa shape index (κ2) is 8.42. The first kappa shape index (κ1) is 18.5. The van der Waals surface area contributed by atoms with Crippen LogP contribution < -0.4 is 5.43 Å². The normalized spacial score (nSPS) is 31.2. The van der Waals surface area contributed by atoms with Gasteiger partial charge in [-0.1, -0.05) is 22.4 Å². The summed E-state index contributed by atoms with van der Waals surface area (Å²) in [6.45, 7) is 1.69. The number of allylic oxidation sites excluding steroid dienone is 4. The monoisotopic (exact) mass is 431 g/mol. The lowest BCUT2D eigenvalue weighted by molar-refractivity contribution is 0.124. The molecule has 0 amide bonds. The lowest BCUT2D eigenvalue weighted by atomic mass is 10.1. The lowest BCUT2D eigenvalue weighted by Crippen LogP contribution is -2.46. The van der Waals surface area contributed by atoms with Gasteiger partial charge in [-0.3, -0.25) is 4.90 Å². The van der Waals surface area contributed by atoms with Crippen molar-refractivity contribution in [2.24, 2.45) is 15.1 Å². The Labute approximate surface area is 159 Å². The molecule has 6 nitrogen and oxygen atoms in total. The first-order valence-corrected chi connectivity index (χ1v) is 9.50. The van der Waals surface area contributed by atoms with Crippen LogP contribution in [0.4, 0.5) is 4.39 Å². The molecule has 3 atom stereocenters. The molecule has 2 heterocycles. The molecule has 1 saturated heterocycles. The number of nitrogens with one attached hydrogen (secondary N) is 1. The molecule has 9 heteroatoms. The molecule has 0 aromatic rings. The molecule has 1 aliphatic carbocycles. The molecule has 3 aliphatic rings. The summed E-state index contributed by atoms with van der Waals surface area (Å²) in [4.78, 5) is 10.3. The van der Waals surface area contributed by atoms with E-state index in [1.807, 2.05) is 4.90 Å². The van der Waals surface area contributed by atoms with Crippen LogP contribution in [0.2, 0.25) is 0 Å². The minimum absolute atomic E-state index is 0.0690. The van der Waals surface area contributed by atoms with Crippen LogP contribution in [0, 0.1) is 0 Å².